The second kappa shape index (κ2) is 14.1. The molecule has 0 radical (unpaired) electrons. The average molecular weight is 568 g/mol. The van der Waals surface area contributed by atoms with Gasteiger partial charge in [0.15, 0.2) is 0 Å². The summed E-state index contributed by atoms with van der Waals surface area (Å²) in [5.74, 6) is 2.24. The quantitative estimate of drug-likeness (QED) is 0.274. The lowest BCUT2D eigenvalue weighted by Gasteiger charge is -2.44. The van der Waals surface area contributed by atoms with E-state index in [0.29, 0.717) is 35.5 Å². The van der Waals surface area contributed by atoms with Crippen LogP contribution in [-0.2, 0) is 13.6 Å². The van der Waals surface area contributed by atoms with Gasteiger partial charge >= 0.3 is 7.60 Å². The second-order valence-electron chi connectivity index (χ2n) is 13.6. The minimum atomic E-state index is -3.68. The molecular formula is C35H54NO3P. The lowest BCUT2D eigenvalue weighted by molar-refractivity contribution is -0.00718. The van der Waals surface area contributed by atoms with Crippen molar-refractivity contribution < 1.29 is 13.6 Å². The van der Waals surface area contributed by atoms with Gasteiger partial charge in [-0.2, -0.15) is 0 Å². The first-order valence-electron chi connectivity index (χ1n) is 15.9. The summed E-state index contributed by atoms with van der Waals surface area (Å²) in [6.45, 7) is 15.9. The van der Waals surface area contributed by atoms with Crippen molar-refractivity contribution >= 4 is 7.60 Å². The molecule has 2 fully saturated rings. The Kier molecular flexibility index (Phi) is 11.1. The van der Waals surface area contributed by atoms with Crippen molar-refractivity contribution in [2.75, 3.05) is 0 Å². The van der Waals surface area contributed by atoms with E-state index in [0.717, 1.165) is 36.8 Å². The monoisotopic (exact) mass is 567 g/mol. The van der Waals surface area contributed by atoms with E-state index in [1.807, 2.05) is 24.3 Å². The van der Waals surface area contributed by atoms with Crippen LogP contribution in [-0.4, -0.2) is 12.2 Å². The van der Waals surface area contributed by atoms with Crippen LogP contribution in [0.5, 0.6) is 0 Å². The fraction of sp³-hybridized carbons (Fsp3) is 0.657. The summed E-state index contributed by atoms with van der Waals surface area (Å²) >= 11 is 0. The minimum Gasteiger partial charge on any atom is -0.304 e. The highest BCUT2D eigenvalue weighted by molar-refractivity contribution is 7.54. The third-order valence-electron chi connectivity index (χ3n) is 9.63. The predicted octanol–water partition coefficient (Wildman–Crippen LogP) is 10.2. The molecular weight excluding hydrogens is 513 g/mol. The minimum absolute atomic E-state index is 0.0238. The molecule has 40 heavy (non-hydrogen) atoms. The summed E-state index contributed by atoms with van der Waals surface area (Å²) in [4.78, 5) is 0. The molecule has 5 heteroatoms. The van der Waals surface area contributed by atoms with E-state index in [9.17, 15) is 0 Å². The zero-order chi connectivity index (χ0) is 28.9. The lowest BCUT2D eigenvalue weighted by Crippen LogP contribution is -2.38. The summed E-state index contributed by atoms with van der Waals surface area (Å²) in [7, 11) is -3.68. The number of nitrogens with one attached hydrogen (secondary N) is 1. The molecule has 0 amide bonds. The summed E-state index contributed by atoms with van der Waals surface area (Å²) in [6, 6.07) is 20.6. The van der Waals surface area contributed by atoms with E-state index in [1.165, 1.54) is 12.8 Å². The summed E-state index contributed by atoms with van der Waals surface area (Å²) < 4.78 is 29.7. The lowest BCUT2D eigenvalue weighted by atomic mass is 9.75. The molecule has 0 aromatic heterocycles. The molecule has 0 unspecified atom stereocenters. The first kappa shape index (κ1) is 31.5. The van der Waals surface area contributed by atoms with E-state index in [2.05, 4.69) is 90.2 Å². The van der Waals surface area contributed by atoms with E-state index >= 15 is 4.57 Å². The van der Waals surface area contributed by atoms with Crippen LogP contribution < -0.4 is 5.32 Å². The standard InChI is InChI=1S/C35H54NO3P/c1-24(2)31-20-18-26(5)22-33(31)38-40(37,39-34-23-27(6)19-21-32(34)25(3)4)35(30-16-12-9-13-17-30)36-28(7)29-14-10-8-11-15-29/h8-17,24-28,31-36H,18-23H2,1-7H3/t26-,27-,28-,31+,32+,33-,34-,35+/m1/s1. The highest BCUT2D eigenvalue weighted by atomic mass is 31.2. The van der Waals surface area contributed by atoms with Crippen LogP contribution in [0.15, 0.2) is 60.7 Å². The Morgan fingerprint density at radius 3 is 1.52 bits per heavy atom. The van der Waals surface area contributed by atoms with Crippen molar-refractivity contribution in [1.29, 1.82) is 0 Å². The van der Waals surface area contributed by atoms with Crippen LogP contribution in [0.2, 0.25) is 0 Å². The Morgan fingerprint density at radius 1 is 0.675 bits per heavy atom. The van der Waals surface area contributed by atoms with Crippen LogP contribution in [0.1, 0.15) is 110 Å². The van der Waals surface area contributed by atoms with E-state index in [-0.39, 0.29) is 18.2 Å². The maximum absolute atomic E-state index is 15.7. The first-order chi connectivity index (χ1) is 19.1. The van der Waals surface area contributed by atoms with Gasteiger partial charge in [0.1, 0.15) is 5.78 Å². The van der Waals surface area contributed by atoms with Crippen LogP contribution in [0, 0.1) is 35.5 Å². The number of rotatable bonds is 11. The van der Waals surface area contributed by atoms with Crippen molar-refractivity contribution in [2.24, 2.45) is 35.5 Å². The summed E-state index contributed by atoms with van der Waals surface area (Å²) in [6.07, 6.45) is 6.34. The summed E-state index contributed by atoms with van der Waals surface area (Å²) in [5, 5.41) is 3.77. The molecule has 2 aromatic rings. The van der Waals surface area contributed by atoms with Gasteiger partial charge in [0, 0.05) is 6.04 Å². The van der Waals surface area contributed by atoms with Gasteiger partial charge < -0.3 is 9.05 Å². The van der Waals surface area contributed by atoms with Crippen LogP contribution >= 0.6 is 7.60 Å². The maximum Gasteiger partial charge on any atom is 0.352 e. The molecule has 0 spiro atoms. The van der Waals surface area contributed by atoms with Gasteiger partial charge in [-0.25, -0.2) is 0 Å². The maximum atomic E-state index is 15.7. The number of hydrogen-bond donors (Lipinski definition) is 1. The molecule has 2 aliphatic rings. The number of hydrogen-bond acceptors (Lipinski definition) is 4. The Bertz CT molecular complexity index is 1040. The van der Waals surface area contributed by atoms with Crippen LogP contribution in [0.4, 0.5) is 0 Å². The van der Waals surface area contributed by atoms with Crippen molar-refractivity contribution in [1.82, 2.24) is 5.32 Å². The van der Waals surface area contributed by atoms with E-state index < -0.39 is 13.4 Å². The zero-order valence-electron chi connectivity index (χ0n) is 26.0. The van der Waals surface area contributed by atoms with Gasteiger partial charge in [0.25, 0.3) is 0 Å². The molecule has 2 aliphatic carbocycles. The molecule has 2 aromatic carbocycles. The molecule has 0 aliphatic heterocycles. The van der Waals surface area contributed by atoms with Crippen molar-refractivity contribution in [3.8, 4) is 0 Å². The largest absolute Gasteiger partial charge is 0.352 e. The first-order valence-corrected chi connectivity index (χ1v) is 17.5. The highest BCUT2D eigenvalue weighted by Crippen LogP contribution is 2.64. The second-order valence-corrected chi connectivity index (χ2v) is 15.6. The van der Waals surface area contributed by atoms with Crippen LogP contribution in [0.3, 0.4) is 0 Å². The summed E-state index contributed by atoms with van der Waals surface area (Å²) in [5.41, 5.74) is 2.12. The normalized spacial score (nSPS) is 29.4. The number of benzene rings is 2. The molecule has 0 bridgehead atoms. The Balaban J connectivity index is 1.76. The third-order valence-corrected chi connectivity index (χ3v) is 11.8. The van der Waals surface area contributed by atoms with E-state index in [4.69, 9.17) is 9.05 Å². The third kappa shape index (κ3) is 7.88. The van der Waals surface area contributed by atoms with Gasteiger partial charge in [-0.1, -0.05) is 115 Å². The molecule has 8 atom stereocenters. The van der Waals surface area contributed by atoms with Gasteiger partial charge in [0.2, 0.25) is 0 Å². The van der Waals surface area contributed by atoms with Crippen LogP contribution in [0.25, 0.3) is 0 Å². The topological polar surface area (TPSA) is 47.6 Å². The van der Waals surface area contributed by atoms with Crippen molar-refractivity contribution in [3.63, 3.8) is 0 Å². The molecule has 2 saturated carbocycles. The van der Waals surface area contributed by atoms with Gasteiger partial charge in [0.05, 0.1) is 12.2 Å². The molecule has 1 N–H and O–H groups in total. The van der Waals surface area contributed by atoms with Gasteiger partial charge in [-0.05, 0) is 79.2 Å². The average Bonchev–Trinajstić information content (AvgIpc) is 2.92. The van der Waals surface area contributed by atoms with E-state index in [1.54, 1.807) is 0 Å². The SMILES string of the molecule is CC(C)[C@@H]1CC[C@@H](C)C[C@H]1OP(=O)(O[C@@H]1C[C@H](C)CC[C@H]1C(C)C)[C@H](N[C@H](C)c1ccccc1)c1ccccc1. The fourth-order valence-corrected chi connectivity index (χ4v) is 9.55. The van der Waals surface area contributed by atoms with Gasteiger partial charge in [-0.3, -0.25) is 9.88 Å². The van der Waals surface area contributed by atoms with Gasteiger partial charge in [-0.15, -0.1) is 0 Å². The van der Waals surface area contributed by atoms with Crippen molar-refractivity contribution in [3.05, 3.63) is 71.8 Å². The molecule has 222 valence electrons. The smallest absolute Gasteiger partial charge is 0.304 e. The Hall–Kier alpha value is -1.45. The zero-order valence-corrected chi connectivity index (χ0v) is 26.9. The Morgan fingerprint density at radius 2 is 1.10 bits per heavy atom. The highest BCUT2D eigenvalue weighted by Gasteiger charge is 2.47. The fourth-order valence-electron chi connectivity index (χ4n) is 7.08. The molecule has 4 rings (SSSR count). The molecule has 0 heterocycles. The molecule has 0 saturated heterocycles. The van der Waals surface area contributed by atoms with Crippen molar-refractivity contribution in [2.45, 2.75) is 111 Å². The predicted molar refractivity (Wildman–Crippen MR) is 167 cm³/mol. The Labute approximate surface area is 244 Å². The molecule has 4 nitrogen and oxygen atoms in total.